The third-order valence-electron chi connectivity index (χ3n) is 1.94. The highest BCUT2D eigenvalue weighted by molar-refractivity contribution is 6.06. The van der Waals surface area contributed by atoms with Crippen LogP contribution in [0.4, 0.5) is 8.78 Å². The summed E-state index contributed by atoms with van der Waals surface area (Å²) in [5.74, 6) is -3.86. The van der Waals surface area contributed by atoms with E-state index < -0.39 is 34.6 Å². The Labute approximate surface area is 90.6 Å². The molecule has 86 valence electrons. The summed E-state index contributed by atoms with van der Waals surface area (Å²) in [7, 11) is 2.77. The predicted octanol–water partition coefficient (Wildman–Crippen LogP) is 0.766. The highest BCUT2D eigenvalue weighted by atomic mass is 19.1. The molecule has 6 heteroatoms. The molecule has 1 aromatic carbocycles. The van der Waals surface area contributed by atoms with Gasteiger partial charge in [0.15, 0.2) is 0 Å². The van der Waals surface area contributed by atoms with Gasteiger partial charge in [0.2, 0.25) is 5.91 Å². The van der Waals surface area contributed by atoms with Crippen LogP contribution in [0.2, 0.25) is 0 Å². The van der Waals surface area contributed by atoms with E-state index in [4.69, 9.17) is 5.73 Å². The number of nitrogens with two attached hydrogens (primary N) is 1. The van der Waals surface area contributed by atoms with Crippen LogP contribution in [0.15, 0.2) is 12.1 Å². The number of halogens is 2. The van der Waals surface area contributed by atoms with Crippen LogP contribution in [0.3, 0.4) is 0 Å². The molecule has 0 bridgehead atoms. The van der Waals surface area contributed by atoms with Gasteiger partial charge < -0.3 is 10.6 Å². The molecule has 0 saturated heterocycles. The van der Waals surface area contributed by atoms with Crippen molar-refractivity contribution < 1.29 is 18.4 Å². The number of nitrogens with zero attached hydrogens (tertiary/aromatic N) is 1. The second-order valence-corrected chi connectivity index (χ2v) is 3.37. The molecule has 0 atom stereocenters. The number of hydrogen-bond donors (Lipinski definition) is 1. The zero-order valence-corrected chi connectivity index (χ0v) is 8.75. The van der Waals surface area contributed by atoms with Gasteiger partial charge in [-0.1, -0.05) is 0 Å². The molecule has 0 aliphatic heterocycles. The van der Waals surface area contributed by atoms with Gasteiger partial charge in [0, 0.05) is 20.2 Å². The number of rotatable bonds is 2. The van der Waals surface area contributed by atoms with Crippen molar-refractivity contribution in [1.29, 1.82) is 0 Å². The molecule has 0 unspecified atom stereocenters. The number of benzene rings is 1. The smallest absolute Gasteiger partial charge is 0.257 e. The van der Waals surface area contributed by atoms with Crippen molar-refractivity contribution >= 4 is 11.8 Å². The van der Waals surface area contributed by atoms with Crippen molar-refractivity contribution in [3.63, 3.8) is 0 Å². The lowest BCUT2D eigenvalue weighted by molar-refractivity contribution is 0.0815. The number of carbonyl (C=O) groups is 2. The van der Waals surface area contributed by atoms with E-state index in [9.17, 15) is 18.4 Å². The van der Waals surface area contributed by atoms with E-state index in [1.165, 1.54) is 14.1 Å². The molecule has 2 amide bonds. The van der Waals surface area contributed by atoms with E-state index in [-0.39, 0.29) is 0 Å². The predicted molar refractivity (Wildman–Crippen MR) is 52.9 cm³/mol. The average molecular weight is 228 g/mol. The van der Waals surface area contributed by atoms with Crippen LogP contribution < -0.4 is 5.73 Å². The Morgan fingerprint density at radius 2 is 1.81 bits per heavy atom. The third kappa shape index (κ3) is 2.16. The number of hydrogen-bond acceptors (Lipinski definition) is 2. The molecule has 0 spiro atoms. The lowest BCUT2D eigenvalue weighted by Gasteiger charge is -2.13. The van der Waals surface area contributed by atoms with Crippen LogP contribution in [0.5, 0.6) is 0 Å². The fourth-order valence-electron chi connectivity index (χ4n) is 1.21. The summed E-state index contributed by atoms with van der Waals surface area (Å²) in [6.07, 6.45) is 0. The summed E-state index contributed by atoms with van der Waals surface area (Å²) in [6.45, 7) is 0. The van der Waals surface area contributed by atoms with Crippen molar-refractivity contribution in [3.05, 3.63) is 34.9 Å². The van der Waals surface area contributed by atoms with Gasteiger partial charge in [0.25, 0.3) is 5.91 Å². The van der Waals surface area contributed by atoms with E-state index in [2.05, 4.69) is 0 Å². The molecule has 0 heterocycles. The van der Waals surface area contributed by atoms with Crippen LogP contribution in [-0.2, 0) is 0 Å². The van der Waals surface area contributed by atoms with Gasteiger partial charge in [-0.05, 0) is 6.07 Å². The summed E-state index contributed by atoms with van der Waals surface area (Å²) >= 11 is 0. The summed E-state index contributed by atoms with van der Waals surface area (Å²) in [5.41, 5.74) is 3.97. The quantitative estimate of drug-likeness (QED) is 0.812. The molecule has 4 nitrogen and oxygen atoms in total. The summed E-state index contributed by atoms with van der Waals surface area (Å²) in [4.78, 5) is 23.6. The lowest BCUT2D eigenvalue weighted by atomic mass is 10.0. The SMILES string of the molecule is CN(C)C(=O)c1c(F)cc(F)cc1C(N)=O. The Morgan fingerprint density at radius 1 is 1.25 bits per heavy atom. The standard InChI is InChI=1S/C10H10F2N2O2/c1-14(2)10(16)8-6(9(13)15)3-5(11)4-7(8)12/h3-4H,1-2H3,(H2,13,15). The van der Waals surface area contributed by atoms with Gasteiger partial charge in [-0.3, -0.25) is 9.59 Å². The fraction of sp³-hybridized carbons (Fsp3) is 0.200. The maximum absolute atomic E-state index is 13.4. The van der Waals surface area contributed by atoms with E-state index >= 15 is 0 Å². The lowest BCUT2D eigenvalue weighted by Crippen LogP contribution is -2.27. The second-order valence-electron chi connectivity index (χ2n) is 3.37. The largest absolute Gasteiger partial charge is 0.366 e. The zero-order valence-electron chi connectivity index (χ0n) is 8.75. The zero-order chi connectivity index (χ0) is 12.5. The van der Waals surface area contributed by atoms with Crippen molar-refractivity contribution in [2.75, 3.05) is 14.1 Å². The van der Waals surface area contributed by atoms with Crippen molar-refractivity contribution in [2.24, 2.45) is 5.73 Å². The minimum atomic E-state index is -1.10. The van der Waals surface area contributed by atoms with Crippen molar-refractivity contribution in [3.8, 4) is 0 Å². The third-order valence-corrected chi connectivity index (χ3v) is 1.94. The van der Waals surface area contributed by atoms with Gasteiger partial charge >= 0.3 is 0 Å². The molecule has 0 saturated carbocycles. The van der Waals surface area contributed by atoms with Crippen LogP contribution in [0, 0.1) is 11.6 Å². The molecule has 2 N–H and O–H groups in total. The van der Waals surface area contributed by atoms with Gasteiger partial charge in [0.05, 0.1) is 11.1 Å². The van der Waals surface area contributed by atoms with E-state index in [0.717, 1.165) is 11.0 Å². The minimum absolute atomic E-state index is 0.462. The second kappa shape index (κ2) is 4.26. The number of primary amides is 1. The van der Waals surface area contributed by atoms with E-state index in [0.29, 0.717) is 6.07 Å². The Balaban J connectivity index is 3.47. The van der Waals surface area contributed by atoms with Gasteiger partial charge in [0.1, 0.15) is 11.6 Å². The van der Waals surface area contributed by atoms with Crippen molar-refractivity contribution in [1.82, 2.24) is 4.90 Å². The molecule has 1 aromatic rings. The van der Waals surface area contributed by atoms with Crippen LogP contribution in [0.1, 0.15) is 20.7 Å². The van der Waals surface area contributed by atoms with Crippen LogP contribution >= 0.6 is 0 Å². The maximum atomic E-state index is 13.4. The Bertz CT molecular complexity index is 458. The molecule has 0 fully saturated rings. The first-order chi connectivity index (χ1) is 7.34. The maximum Gasteiger partial charge on any atom is 0.257 e. The van der Waals surface area contributed by atoms with Crippen LogP contribution in [-0.4, -0.2) is 30.8 Å². The Kier molecular flexibility index (Phi) is 3.22. The molecule has 0 radical (unpaired) electrons. The molecule has 16 heavy (non-hydrogen) atoms. The summed E-state index contributed by atoms with van der Waals surface area (Å²) in [6, 6.07) is 1.27. The van der Waals surface area contributed by atoms with Gasteiger partial charge in [-0.25, -0.2) is 8.78 Å². The normalized spacial score (nSPS) is 10.0. The van der Waals surface area contributed by atoms with E-state index in [1.807, 2.05) is 0 Å². The monoisotopic (exact) mass is 228 g/mol. The highest BCUT2D eigenvalue weighted by Gasteiger charge is 2.22. The molecule has 0 aromatic heterocycles. The van der Waals surface area contributed by atoms with E-state index in [1.54, 1.807) is 0 Å². The van der Waals surface area contributed by atoms with Gasteiger partial charge in [-0.2, -0.15) is 0 Å². The first-order valence-electron chi connectivity index (χ1n) is 4.35. The summed E-state index contributed by atoms with van der Waals surface area (Å²) in [5, 5.41) is 0. The molecule has 0 aliphatic carbocycles. The first-order valence-corrected chi connectivity index (χ1v) is 4.35. The molecule has 0 aliphatic rings. The molecular weight excluding hydrogens is 218 g/mol. The number of amides is 2. The highest BCUT2D eigenvalue weighted by Crippen LogP contribution is 2.17. The fourth-order valence-corrected chi connectivity index (χ4v) is 1.21. The topological polar surface area (TPSA) is 63.4 Å². The first kappa shape index (κ1) is 12.1. The van der Waals surface area contributed by atoms with Crippen LogP contribution in [0.25, 0.3) is 0 Å². The Hall–Kier alpha value is -1.98. The molecule has 1 rings (SSSR count). The minimum Gasteiger partial charge on any atom is -0.366 e. The summed E-state index contributed by atoms with van der Waals surface area (Å²) < 4.78 is 26.2. The van der Waals surface area contributed by atoms with Gasteiger partial charge in [-0.15, -0.1) is 0 Å². The Morgan fingerprint density at radius 3 is 2.25 bits per heavy atom. The molecular formula is C10H10F2N2O2. The average Bonchev–Trinajstić information content (AvgIpc) is 2.15. The van der Waals surface area contributed by atoms with Crippen molar-refractivity contribution in [2.45, 2.75) is 0 Å². The number of carbonyl (C=O) groups excluding carboxylic acids is 2.